The van der Waals surface area contributed by atoms with Crippen LogP contribution in [0.2, 0.25) is 0 Å². The highest BCUT2D eigenvalue weighted by atomic mass is 14.6. The zero-order valence-electron chi connectivity index (χ0n) is 7.38. The van der Waals surface area contributed by atoms with Gasteiger partial charge in [0.15, 0.2) is 0 Å². The van der Waals surface area contributed by atoms with Crippen LogP contribution in [0.1, 0.15) is 26.7 Å². The van der Waals surface area contributed by atoms with Crippen molar-refractivity contribution >= 4 is 0 Å². The fraction of sp³-hybridized carbons (Fsp3) is 0.636. The van der Waals surface area contributed by atoms with Gasteiger partial charge in [0.1, 0.15) is 0 Å². The van der Waals surface area contributed by atoms with E-state index in [2.05, 4.69) is 38.2 Å². The first-order chi connectivity index (χ1) is 5.23. The molecule has 1 saturated carbocycles. The maximum Gasteiger partial charge on any atom is -0.0108 e. The summed E-state index contributed by atoms with van der Waals surface area (Å²) in [7, 11) is 0. The summed E-state index contributed by atoms with van der Waals surface area (Å²) in [5, 5.41) is 0. The quantitative estimate of drug-likeness (QED) is 0.463. The Hall–Kier alpha value is -0.520. The molecule has 2 rings (SSSR count). The summed E-state index contributed by atoms with van der Waals surface area (Å²) >= 11 is 0. The second-order valence-corrected chi connectivity index (χ2v) is 4.31. The van der Waals surface area contributed by atoms with Crippen LogP contribution in [0.4, 0.5) is 0 Å². The Morgan fingerprint density at radius 2 is 1.45 bits per heavy atom. The van der Waals surface area contributed by atoms with E-state index in [9.17, 15) is 0 Å². The molecule has 0 bridgehead atoms. The lowest BCUT2D eigenvalue weighted by atomic mass is 10.1. The summed E-state index contributed by atoms with van der Waals surface area (Å²) in [6.45, 7) is 4.73. The summed E-state index contributed by atoms with van der Waals surface area (Å²) in [5.74, 6) is 1.66. The number of fused-ring (bicyclic) bond motifs is 1. The van der Waals surface area contributed by atoms with Gasteiger partial charge in [0.2, 0.25) is 0 Å². The molecule has 0 heteroatoms. The van der Waals surface area contributed by atoms with Crippen molar-refractivity contribution in [3.8, 4) is 0 Å². The highest BCUT2D eigenvalue weighted by Gasteiger charge is 2.54. The summed E-state index contributed by atoms with van der Waals surface area (Å²) in [6.07, 6.45) is 12.0. The average Bonchev–Trinajstić information content (AvgIpc) is 2.29. The van der Waals surface area contributed by atoms with Crippen LogP contribution in [-0.4, -0.2) is 0 Å². The fourth-order valence-corrected chi connectivity index (χ4v) is 2.13. The Kier molecular flexibility index (Phi) is 1.45. The van der Waals surface area contributed by atoms with Crippen molar-refractivity contribution in [2.75, 3.05) is 0 Å². The Morgan fingerprint density at radius 3 is 1.91 bits per heavy atom. The van der Waals surface area contributed by atoms with E-state index in [4.69, 9.17) is 0 Å². The van der Waals surface area contributed by atoms with Gasteiger partial charge in [-0.25, -0.2) is 0 Å². The standard InChI is InChI=1S/C11H16/c1-11(2)9-7-5-3-4-6-8-10(9)11/h5-10H,3-4H2,1-2H3/b7-5-,8-6-/t9-,10?/m1/s1. The SMILES string of the molecule is CC1(C)C2/C=C\CC/C=C\[C@H]21. The normalized spacial score (nSPS) is 44.9. The van der Waals surface area contributed by atoms with Crippen molar-refractivity contribution < 1.29 is 0 Å². The zero-order valence-corrected chi connectivity index (χ0v) is 7.38. The van der Waals surface area contributed by atoms with Crippen LogP contribution < -0.4 is 0 Å². The van der Waals surface area contributed by atoms with Gasteiger partial charge in [-0.05, 0) is 30.1 Å². The van der Waals surface area contributed by atoms with E-state index < -0.39 is 0 Å². The number of hydrogen-bond acceptors (Lipinski definition) is 0. The van der Waals surface area contributed by atoms with Crippen LogP contribution >= 0.6 is 0 Å². The van der Waals surface area contributed by atoms with E-state index in [0.717, 1.165) is 11.8 Å². The Labute approximate surface area is 69.0 Å². The van der Waals surface area contributed by atoms with E-state index in [1.165, 1.54) is 12.8 Å². The van der Waals surface area contributed by atoms with Gasteiger partial charge < -0.3 is 0 Å². The molecule has 0 saturated heterocycles. The molecule has 2 aliphatic carbocycles. The molecular formula is C11H16. The molecule has 0 aliphatic heterocycles. The summed E-state index contributed by atoms with van der Waals surface area (Å²) < 4.78 is 0. The topological polar surface area (TPSA) is 0 Å². The first-order valence-electron chi connectivity index (χ1n) is 4.56. The zero-order chi connectivity index (χ0) is 7.90. The smallest absolute Gasteiger partial charge is 0.0108 e. The van der Waals surface area contributed by atoms with Crippen molar-refractivity contribution in [2.24, 2.45) is 17.3 Å². The first-order valence-corrected chi connectivity index (χ1v) is 4.56. The molecule has 60 valence electrons. The highest BCUT2D eigenvalue weighted by molar-refractivity contribution is 5.22. The highest BCUT2D eigenvalue weighted by Crippen LogP contribution is 2.60. The molecule has 0 spiro atoms. The lowest BCUT2D eigenvalue weighted by Crippen LogP contribution is -1.87. The van der Waals surface area contributed by atoms with E-state index >= 15 is 0 Å². The molecule has 1 unspecified atom stereocenters. The minimum absolute atomic E-state index is 0.553. The van der Waals surface area contributed by atoms with Gasteiger partial charge in [0, 0.05) is 0 Å². The third-order valence-corrected chi connectivity index (χ3v) is 3.18. The van der Waals surface area contributed by atoms with Gasteiger partial charge in [-0.1, -0.05) is 38.2 Å². The van der Waals surface area contributed by atoms with Gasteiger partial charge >= 0.3 is 0 Å². The molecule has 11 heavy (non-hydrogen) atoms. The molecule has 0 nitrogen and oxygen atoms in total. The molecule has 0 aromatic rings. The lowest BCUT2D eigenvalue weighted by molar-refractivity contribution is 0.586. The predicted molar refractivity (Wildman–Crippen MR) is 48.3 cm³/mol. The van der Waals surface area contributed by atoms with Crippen LogP contribution in [0, 0.1) is 17.3 Å². The van der Waals surface area contributed by atoms with Crippen molar-refractivity contribution in [2.45, 2.75) is 26.7 Å². The van der Waals surface area contributed by atoms with Crippen LogP contribution in [-0.2, 0) is 0 Å². The molecule has 2 aliphatic rings. The molecule has 0 aromatic carbocycles. The molecule has 0 heterocycles. The number of rotatable bonds is 0. The third-order valence-electron chi connectivity index (χ3n) is 3.18. The van der Waals surface area contributed by atoms with Crippen molar-refractivity contribution in [1.29, 1.82) is 0 Å². The van der Waals surface area contributed by atoms with Crippen LogP contribution in [0.5, 0.6) is 0 Å². The van der Waals surface area contributed by atoms with Crippen LogP contribution in [0.3, 0.4) is 0 Å². The number of allylic oxidation sites excluding steroid dienone is 4. The van der Waals surface area contributed by atoms with Gasteiger partial charge in [-0.3, -0.25) is 0 Å². The average molecular weight is 148 g/mol. The maximum atomic E-state index is 2.41. The Bertz CT molecular complexity index is 186. The van der Waals surface area contributed by atoms with Crippen molar-refractivity contribution in [3.63, 3.8) is 0 Å². The molecule has 0 N–H and O–H groups in total. The maximum absolute atomic E-state index is 2.41. The van der Waals surface area contributed by atoms with Gasteiger partial charge in [0.05, 0.1) is 0 Å². The largest absolute Gasteiger partial charge is 0.0879 e. The monoisotopic (exact) mass is 148 g/mol. The fourth-order valence-electron chi connectivity index (χ4n) is 2.13. The van der Waals surface area contributed by atoms with Gasteiger partial charge in [0.25, 0.3) is 0 Å². The lowest BCUT2D eigenvalue weighted by Gasteiger charge is -1.95. The Balaban J connectivity index is 2.17. The first kappa shape index (κ1) is 7.15. The van der Waals surface area contributed by atoms with Crippen LogP contribution in [0.15, 0.2) is 24.3 Å². The molecule has 0 radical (unpaired) electrons. The molecule has 0 aromatic heterocycles. The Morgan fingerprint density at radius 1 is 1.00 bits per heavy atom. The molecule has 2 atom stereocenters. The second kappa shape index (κ2) is 2.23. The van der Waals surface area contributed by atoms with Crippen LogP contribution in [0.25, 0.3) is 0 Å². The summed E-state index contributed by atoms with van der Waals surface area (Å²) in [6, 6.07) is 0. The molecular weight excluding hydrogens is 132 g/mol. The molecule has 1 fully saturated rings. The van der Waals surface area contributed by atoms with E-state index in [1.807, 2.05) is 0 Å². The minimum atomic E-state index is 0.553. The van der Waals surface area contributed by atoms with E-state index in [-0.39, 0.29) is 0 Å². The van der Waals surface area contributed by atoms with E-state index in [0.29, 0.717) is 5.41 Å². The van der Waals surface area contributed by atoms with E-state index in [1.54, 1.807) is 0 Å². The molecule has 0 amide bonds. The van der Waals surface area contributed by atoms with Gasteiger partial charge in [-0.15, -0.1) is 0 Å². The summed E-state index contributed by atoms with van der Waals surface area (Å²) in [5.41, 5.74) is 0.553. The van der Waals surface area contributed by atoms with Crippen molar-refractivity contribution in [3.05, 3.63) is 24.3 Å². The van der Waals surface area contributed by atoms with Gasteiger partial charge in [-0.2, -0.15) is 0 Å². The second-order valence-electron chi connectivity index (χ2n) is 4.31. The predicted octanol–water partition coefficient (Wildman–Crippen LogP) is 3.16. The van der Waals surface area contributed by atoms with Crippen molar-refractivity contribution in [1.82, 2.24) is 0 Å². The number of hydrogen-bond donors (Lipinski definition) is 0. The summed E-state index contributed by atoms with van der Waals surface area (Å²) in [4.78, 5) is 0. The minimum Gasteiger partial charge on any atom is -0.0879 e. The third kappa shape index (κ3) is 1.05.